The molecular formula is C14H27NO2. The molecule has 0 spiro atoms. The van der Waals surface area contributed by atoms with Gasteiger partial charge in [0.2, 0.25) is 0 Å². The summed E-state index contributed by atoms with van der Waals surface area (Å²) in [6.07, 6.45) is 8.74. The Balaban J connectivity index is 1.62. The molecule has 2 saturated carbocycles. The van der Waals surface area contributed by atoms with E-state index in [2.05, 4.69) is 5.32 Å². The Hall–Kier alpha value is -0.120. The van der Waals surface area contributed by atoms with Crippen LogP contribution in [0, 0.1) is 11.8 Å². The van der Waals surface area contributed by atoms with Crippen LogP contribution in [0.3, 0.4) is 0 Å². The third-order valence-corrected chi connectivity index (χ3v) is 4.72. The predicted octanol–water partition coefficient (Wildman–Crippen LogP) is 1.94. The van der Waals surface area contributed by atoms with Crippen molar-refractivity contribution in [3.63, 3.8) is 0 Å². The maximum Gasteiger partial charge on any atom is 0.0615 e. The van der Waals surface area contributed by atoms with Gasteiger partial charge in [0.1, 0.15) is 0 Å². The third kappa shape index (κ3) is 3.43. The molecule has 0 aromatic carbocycles. The SMILES string of the molecule is CNC1(CO)CCCC1CCOCCC1CC1. The Morgan fingerprint density at radius 1 is 1.24 bits per heavy atom. The molecule has 2 fully saturated rings. The minimum absolute atomic E-state index is 0.0279. The molecule has 3 heteroatoms. The molecule has 0 aromatic rings. The lowest BCUT2D eigenvalue weighted by Crippen LogP contribution is -2.49. The third-order valence-electron chi connectivity index (χ3n) is 4.72. The van der Waals surface area contributed by atoms with Crippen LogP contribution in [0.5, 0.6) is 0 Å². The quantitative estimate of drug-likeness (QED) is 0.638. The number of hydrogen-bond donors (Lipinski definition) is 2. The van der Waals surface area contributed by atoms with Gasteiger partial charge >= 0.3 is 0 Å². The van der Waals surface area contributed by atoms with E-state index < -0.39 is 0 Å². The van der Waals surface area contributed by atoms with E-state index in [4.69, 9.17) is 4.74 Å². The lowest BCUT2D eigenvalue weighted by Gasteiger charge is -2.33. The second-order valence-electron chi connectivity index (χ2n) is 5.79. The molecule has 0 heterocycles. The highest BCUT2D eigenvalue weighted by Gasteiger charge is 2.40. The zero-order valence-electron chi connectivity index (χ0n) is 11.1. The fourth-order valence-corrected chi connectivity index (χ4v) is 3.17. The van der Waals surface area contributed by atoms with Gasteiger partial charge in [-0.1, -0.05) is 19.3 Å². The van der Waals surface area contributed by atoms with Crippen LogP contribution < -0.4 is 5.32 Å². The second kappa shape index (κ2) is 6.17. The standard InChI is InChI=1S/C14H27NO2/c1-15-14(11-16)8-2-3-13(14)7-10-17-9-6-12-4-5-12/h12-13,15-16H,2-11H2,1H3. The summed E-state index contributed by atoms with van der Waals surface area (Å²) in [4.78, 5) is 0. The number of aliphatic hydroxyl groups is 1. The molecule has 0 bridgehead atoms. The van der Waals surface area contributed by atoms with Gasteiger partial charge in [0.15, 0.2) is 0 Å². The van der Waals surface area contributed by atoms with Crippen molar-refractivity contribution in [1.82, 2.24) is 5.32 Å². The van der Waals surface area contributed by atoms with Gasteiger partial charge in [-0.2, -0.15) is 0 Å². The van der Waals surface area contributed by atoms with E-state index in [1.54, 1.807) is 0 Å². The van der Waals surface area contributed by atoms with Gasteiger partial charge in [-0.25, -0.2) is 0 Å². The summed E-state index contributed by atoms with van der Waals surface area (Å²) < 4.78 is 5.72. The molecule has 2 atom stereocenters. The Bertz CT molecular complexity index is 224. The molecule has 2 unspecified atom stereocenters. The molecule has 2 N–H and O–H groups in total. The van der Waals surface area contributed by atoms with Gasteiger partial charge in [0.25, 0.3) is 0 Å². The van der Waals surface area contributed by atoms with Crippen molar-refractivity contribution in [2.24, 2.45) is 11.8 Å². The van der Waals surface area contributed by atoms with Crippen molar-refractivity contribution in [3.8, 4) is 0 Å². The van der Waals surface area contributed by atoms with Crippen molar-refractivity contribution in [3.05, 3.63) is 0 Å². The molecule has 0 amide bonds. The summed E-state index contributed by atoms with van der Waals surface area (Å²) in [5.74, 6) is 1.55. The van der Waals surface area contributed by atoms with E-state index in [9.17, 15) is 5.11 Å². The van der Waals surface area contributed by atoms with Gasteiger partial charge in [0.05, 0.1) is 6.61 Å². The van der Waals surface area contributed by atoms with Gasteiger partial charge in [-0.05, 0) is 44.6 Å². The second-order valence-corrected chi connectivity index (χ2v) is 5.79. The Labute approximate surface area is 105 Å². The van der Waals surface area contributed by atoms with Gasteiger partial charge in [0, 0.05) is 18.8 Å². The van der Waals surface area contributed by atoms with Crippen LogP contribution in [0.4, 0.5) is 0 Å². The largest absolute Gasteiger partial charge is 0.394 e. The Morgan fingerprint density at radius 2 is 2.00 bits per heavy atom. The first kappa shape index (κ1) is 13.3. The number of rotatable bonds is 8. The van der Waals surface area contributed by atoms with E-state index in [1.165, 1.54) is 32.1 Å². The first-order chi connectivity index (χ1) is 8.30. The van der Waals surface area contributed by atoms with Crippen LogP contribution in [-0.4, -0.2) is 37.5 Å². The highest BCUT2D eigenvalue weighted by molar-refractivity contribution is 4.97. The Morgan fingerprint density at radius 3 is 2.65 bits per heavy atom. The first-order valence-electron chi connectivity index (χ1n) is 7.18. The number of nitrogens with one attached hydrogen (secondary N) is 1. The first-order valence-corrected chi connectivity index (χ1v) is 7.18. The minimum Gasteiger partial charge on any atom is -0.394 e. The summed E-state index contributed by atoms with van der Waals surface area (Å²) >= 11 is 0. The molecule has 0 radical (unpaired) electrons. The van der Waals surface area contributed by atoms with Gasteiger partial charge in [-0.15, -0.1) is 0 Å². The number of hydrogen-bond acceptors (Lipinski definition) is 3. The average Bonchev–Trinajstić information content (AvgIpc) is 3.09. The monoisotopic (exact) mass is 241 g/mol. The van der Waals surface area contributed by atoms with Crippen molar-refractivity contribution < 1.29 is 9.84 Å². The van der Waals surface area contributed by atoms with Gasteiger partial charge in [-0.3, -0.25) is 0 Å². The number of ether oxygens (including phenoxy) is 1. The van der Waals surface area contributed by atoms with Crippen LogP contribution in [-0.2, 0) is 4.74 Å². The van der Waals surface area contributed by atoms with Crippen molar-refractivity contribution in [1.29, 1.82) is 0 Å². The van der Waals surface area contributed by atoms with Crippen molar-refractivity contribution in [2.75, 3.05) is 26.9 Å². The maximum absolute atomic E-state index is 9.57. The minimum atomic E-state index is -0.0279. The fraction of sp³-hybridized carbons (Fsp3) is 1.00. The van der Waals surface area contributed by atoms with Crippen molar-refractivity contribution >= 4 is 0 Å². The highest BCUT2D eigenvalue weighted by Crippen LogP contribution is 2.37. The Kier molecular flexibility index (Phi) is 4.83. The van der Waals surface area contributed by atoms with E-state index in [0.29, 0.717) is 5.92 Å². The molecule has 17 heavy (non-hydrogen) atoms. The summed E-state index contributed by atoms with van der Waals surface area (Å²) in [6.45, 7) is 2.06. The van der Waals surface area contributed by atoms with E-state index in [-0.39, 0.29) is 12.1 Å². The molecular weight excluding hydrogens is 214 g/mol. The summed E-state index contributed by atoms with van der Waals surface area (Å²) in [7, 11) is 1.97. The van der Waals surface area contributed by atoms with Crippen molar-refractivity contribution in [2.45, 2.75) is 50.5 Å². The number of likely N-dealkylation sites (N-methyl/N-ethyl adjacent to an activating group) is 1. The zero-order valence-corrected chi connectivity index (χ0v) is 11.1. The van der Waals surface area contributed by atoms with Crippen LogP contribution >= 0.6 is 0 Å². The molecule has 100 valence electrons. The van der Waals surface area contributed by atoms with E-state index >= 15 is 0 Å². The van der Waals surface area contributed by atoms with Crippen LogP contribution in [0.25, 0.3) is 0 Å². The molecule has 0 saturated heterocycles. The normalized spacial score (nSPS) is 33.2. The summed E-state index contributed by atoms with van der Waals surface area (Å²) in [5.41, 5.74) is -0.0279. The average molecular weight is 241 g/mol. The maximum atomic E-state index is 9.57. The molecule has 0 aromatic heterocycles. The molecule has 0 aliphatic heterocycles. The topological polar surface area (TPSA) is 41.5 Å². The smallest absolute Gasteiger partial charge is 0.0615 e. The van der Waals surface area contributed by atoms with E-state index in [0.717, 1.165) is 32.0 Å². The van der Waals surface area contributed by atoms with Gasteiger partial charge < -0.3 is 15.2 Å². The zero-order chi connectivity index (χ0) is 12.1. The van der Waals surface area contributed by atoms with Crippen LogP contribution in [0.15, 0.2) is 0 Å². The lowest BCUT2D eigenvalue weighted by molar-refractivity contribution is 0.0801. The highest BCUT2D eigenvalue weighted by atomic mass is 16.5. The molecule has 2 aliphatic rings. The summed E-state index contributed by atoms with van der Waals surface area (Å²) in [5, 5.41) is 12.9. The van der Waals surface area contributed by atoms with Crippen LogP contribution in [0.1, 0.15) is 44.9 Å². The number of aliphatic hydroxyl groups excluding tert-OH is 1. The lowest BCUT2D eigenvalue weighted by atomic mass is 9.86. The van der Waals surface area contributed by atoms with E-state index in [1.807, 2.05) is 7.05 Å². The molecule has 2 aliphatic carbocycles. The predicted molar refractivity (Wildman–Crippen MR) is 69.0 cm³/mol. The molecule has 3 nitrogen and oxygen atoms in total. The molecule has 2 rings (SSSR count). The van der Waals surface area contributed by atoms with Crippen LogP contribution in [0.2, 0.25) is 0 Å². The fourth-order valence-electron chi connectivity index (χ4n) is 3.17. The summed E-state index contributed by atoms with van der Waals surface area (Å²) in [6, 6.07) is 0.